The van der Waals surface area contributed by atoms with Gasteiger partial charge in [0, 0.05) is 12.7 Å². The number of hydrogen-bond acceptors (Lipinski definition) is 5. The molecular weight excluding hydrogens is 286 g/mol. The Balaban J connectivity index is 2.08. The third kappa shape index (κ3) is 3.60. The fraction of sp³-hybridized carbons (Fsp3) is 0.429. The van der Waals surface area contributed by atoms with E-state index in [1.165, 1.54) is 11.8 Å². The number of para-hydroxylation sites is 1. The van der Waals surface area contributed by atoms with Gasteiger partial charge in [0.2, 0.25) is 11.1 Å². The first-order valence-corrected chi connectivity index (χ1v) is 7.65. The van der Waals surface area contributed by atoms with Gasteiger partial charge < -0.3 is 4.90 Å². The summed E-state index contributed by atoms with van der Waals surface area (Å²) in [5, 5.41) is 12.0. The molecule has 0 aliphatic rings. The molecule has 2 rings (SSSR count). The van der Waals surface area contributed by atoms with Gasteiger partial charge in [0.1, 0.15) is 0 Å². The molecule has 6 nitrogen and oxygen atoms in total. The van der Waals surface area contributed by atoms with Gasteiger partial charge >= 0.3 is 0 Å². The van der Waals surface area contributed by atoms with Crippen molar-refractivity contribution in [2.24, 2.45) is 0 Å². The average molecular weight is 305 g/mol. The van der Waals surface area contributed by atoms with E-state index in [0.717, 1.165) is 5.69 Å². The number of tetrazole rings is 1. The number of carbonyl (C=O) groups excluding carboxylic acids is 1. The zero-order valence-electron chi connectivity index (χ0n) is 12.6. The number of amides is 1. The lowest BCUT2D eigenvalue weighted by atomic mass is 10.3. The Morgan fingerprint density at radius 1 is 1.24 bits per heavy atom. The summed E-state index contributed by atoms with van der Waals surface area (Å²) in [7, 11) is 1.78. The molecule has 0 N–H and O–H groups in total. The number of rotatable bonds is 5. The largest absolute Gasteiger partial charge is 0.315 e. The van der Waals surface area contributed by atoms with Crippen molar-refractivity contribution < 1.29 is 4.79 Å². The first kappa shape index (κ1) is 15.5. The average Bonchev–Trinajstić information content (AvgIpc) is 2.95. The van der Waals surface area contributed by atoms with E-state index < -0.39 is 0 Å². The Labute approximate surface area is 128 Å². The Morgan fingerprint density at radius 2 is 1.90 bits per heavy atom. The Bertz CT molecular complexity index is 598. The molecule has 0 unspecified atom stereocenters. The Kier molecular flexibility index (Phi) is 4.95. The van der Waals surface area contributed by atoms with E-state index in [2.05, 4.69) is 15.5 Å². The molecular formula is C14H19N5OS. The van der Waals surface area contributed by atoms with E-state index in [0.29, 0.717) is 5.16 Å². The summed E-state index contributed by atoms with van der Waals surface area (Å²) in [4.78, 5) is 14.1. The lowest BCUT2D eigenvalue weighted by Crippen LogP contribution is -2.33. The molecule has 1 atom stereocenters. The quantitative estimate of drug-likeness (QED) is 0.794. The molecule has 0 aliphatic heterocycles. The van der Waals surface area contributed by atoms with Crippen molar-refractivity contribution >= 4 is 23.4 Å². The predicted molar refractivity (Wildman–Crippen MR) is 83.4 cm³/mol. The summed E-state index contributed by atoms with van der Waals surface area (Å²) in [6, 6.07) is 9.74. The molecule has 1 aromatic carbocycles. The monoisotopic (exact) mass is 305 g/mol. The second-order valence-electron chi connectivity index (χ2n) is 4.99. The lowest BCUT2D eigenvalue weighted by Gasteiger charge is -2.21. The van der Waals surface area contributed by atoms with Gasteiger partial charge in [0.25, 0.3) is 0 Å². The molecule has 21 heavy (non-hydrogen) atoms. The molecule has 0 saturated carbocycles. The molecule has 112 valence electrons. The Hall–Kier alpha value is -1.89. The summed E-state index contributed by atoms with van der Waals surface area (Å²) in [6.07, 6.45) is 0. The molecule has 2 aromatic rings. The van der Waals surface area contributed by atoms with Crippen LogP contribution in [0.1, 0.15) is 26.8 Å². The zero-order valence-corrected chi connectivity index (χ0v) is 13.4. The van der Waals surface area contributed by atoms with Crippen molar-refractivity contribution in [3.8, 4) is 0 Å². The number of anilines is 1. The van der Waals surface area contributed by atoms with Crippen molar-refractivity contribution in [1.82, 2.24) is 20.2 Å². The molecule has 0 radical (unpaired) electrons. The molecule has 0 bridgehead atoms. The fourth-order valence-electron chi connectivity index (χ4n) is 1.85. The molecule has 1 amide bonds. The van der Waals surface area contributed by atoms with Gasteiger partial charge in [-0.25, -0.2) is 4.68 Å². The third-order valence-electron chi connectivity index (χ3n) is 3.06. The minimum atomic E-state index is -0.265. The van der Waals surface area contributed by atoms with E-state index in [1.54, 1.807) is 16.6 Å². The maximum Gasteiger partial charge on any atom is 0.240 e. The summed E-state index contributed by atoms with van der Waals surface area (Å²) in [5.74, 6) is 0.0181. The van der Waals surface area contributed by atoms with Crippen LogP contribution in [0.25, 0.3) is 0 Å². The van der Waals surface area contributed by atoms with Crippen LogP contribution in [0.15, 0.2) is 35.5 Å². The van der Waals surface area contributed by atoms with Crippen molar-refractivity contribution in [3.05, 3.63) is 30.3 Å². The molecule has 0 aliphatic carbocycles. The van der Waals surface area contributed by atoms with Crippen LogP contribution in [0.4, 0.5) is 5.69 Å². The highest BCUT2D eigenvalue weighted by Crippen LogP contribution is 2.25. The van der Waals surface area contributed by atoms with E-state index in [9.17, 15) is 4.79 Å². The van der Waals surface area contributed by atoms with Gasteiger partial charge in [-0.3, -0.25) is 4.79 Å². The highest BCUT2D eigenvalue weighted by atomic mass is 32.2. The number of carbonyl (C=O) groups is 1. The zero-order chi connectivity index (χ0) is 15.4. The van der Waals surface area contributed by atoms with E-state index in [4.69, 9.17) is 0 Å². The number of hydrogen-bond donors (Lipinski definition) is 0. The maximum atomic E-state index is 12.5. The van der Waals surface area contributed by atoms with E-state index >= 15 is 0 Å². The molecule has 0 spiro atoms. The van der Waals surface area contributed by atoms with Gasteiger partial charge in [0.15, 0.2) is 0 Å². The maximum absolute atomic E-state index is 12.5. The number of aromatic nitrogens is 4. The van der Waals surface area contributed by atoms with Crippen molar-refractivity contribution in [2.45, 2.75) is 37.2 Å². The van der Waals surface area contributed by atoms with Crippen LogP contribution in [0.2, 0.25) is 0 Å². The van der Waals surface area contributed by atoms with Gasteiger partial charge in [-0.1, -0.05) is 30.0 Å². The summed E-state index contributed by atoms with van der Waals surface area (Å²) in [6.45, 7) is 5.87. The highest BCUT2D eigenvalue weighted by molar-refractivity contribution is 8.00. The predicted octanol–water partition coefficient (Wildman–Crippen LogP) is 2.40. The van der Waals surface area contributed by atoms with Crippen LogP contribution < -0.4 is 4.90 Å². The summed E-state index contributed by atoms with van der Waals surface area (Å²) in [5.41, 5.74) is 0.874. The fourth-order valence-corrected chi connectivity index (χ4v) is 2.86. The van der Waals surface area contributed by atoms with Crippen molar-refractivity contribution in [3.63, 3.8) is 0 Å². The highest BCUT2D eigenvalue weighted by Gasteiger charge is 2.23. The summed E-state index contributed by atoms with van der Waals surface area (Å²) >= 11 is 1.37. The number of nitrogens with zero attached hydrogens (tertiary/aromatic N) is 5. The number of benzene rings is 1. The van der Waals surface area contributed by atoms with Crippen LogP contribution in [0.3, 0.4) is 0 Å². The third-order valence-corrected chi connectivity index (χ3v) is 4.09. The van der Waals surface area contributed by atoms with Crippen LogP contribution in [-0.2, 0) is 4.79 Å². The molecule has 1 heterocycles. The molecule has 7 heteroatoms. The van der Waals surface area contributed by atoms with Crippen molar-refractivity contribution in [1.29, 1.82) is 0 Å². The first-order chi connectivity index (χ1) is 10.0. The van der Waals surface area contributed by atoms with Crippen LogP contribution >= 0.6 is 11.8 Å². The SMILES string of the molecule is CC(C)n1nnnc1S[C@H](C)C(=O)N(C)c1ccccc1. The number of thioether (sulfide) groups is 1. The molecule has 0 fully saturated rings. The standard InChI is InChI=1S/C14H19N5OS/c1-10(2)19-14(15-16-17-19)21-11(3)13(20)18(4)12-8-6-5-7-9-12/h5-11H,1-4H3/t11-/m1/s1. The van der Waals surface area contributed by atoms with Gasteiger partial charge in [0.05, 0.1) is 11.3 Å². The molecule has 1 aromatic heterocycles. The van der Waals surface area contributed by atoms with E-state index in [-0.39, 0.29) is 17.2 Å². The lowest BCUT2D eigenvalue weighted by molar-refractivity contribution is -0.117. The summed E-state index contributed by atoms with van der Waals surface area (Å²) < 4.78 is 1.72. The minimum absolute atomic E-state index is 0.0181. The van der Waals surface area contributed by atoms with Crippen molar-refractivity contribution in [2.75, 3.05) is 11.9 Å². The smallest absolute Gasteiger partial charge is 0.240 e. The van der Waals surface area contributed by atoms with Crippen LogP contribution in [0.5, 0.6) is 0 Å². The second-order valence-corrected chi connectivity index (χ2v) is 6.30. The topological polar surface area (TPSA) is 63.9 Å². The second kappa shape index (κ2) is 6.71. The normalized spacial score (nSPS) is 12.4. The van der Waals surface area contributed by atoms with Crippen LogP contribution in [-0.4, -0.2) is 38.4 Å². The minimum Gasteiger partial charge on any atom is -0.315 e. The van der Waals surface area contributed by atoms with Gasteiger partial charge in [-0.2, -0.15) is 0 Å². The first-order valence-electron chi connectivity index (χ1n) is 6.78. The molecule has 0 saturated heterocycles. The van der Waals surface area contributed by atoms with Gasteiger partial charge in [-0.15, -0.1) is 5.10 Å². The Morgan fingerprint density at radius 3 is 2.52 bits per heavy atom. The van der Waals surface area contributed by atoms with Crippen LogP contribution in [0, 0.1) is 0 Å². The van der Waals surface area contributed by atoms with Gasteiger partial charge in [-0.05, 0) is 43.3 Å². The van der Waals surface area contributed by atoms with E-state index in [1.807, 2.05) is 51.1 Å².